The number of rotatable bonds is 17. The zero-order valence-electron chi connectivity index (χ0n) is 52.3. The SMILES string of the molecule is COc1ccc(C2CCC(C(O)c3ccc(C)cc3)C(Nc3ccc(F)cc3)=N2)cc1.COc1cccc(C2CCC(C(O)c3cccc(OC)c3)C(Nc3ccc(F)cc3)=N2)c1.NC(=O)Cc1c2ccccc2nc(Nc2ccc(I)cc2)[n+]1CC1CCCCC1. The highest BCUT2D eigenvalue weighted by Gasteiger charge is 2.34. The second-order valence-electron chi connectivity index (χ2n) is 23.6. The molecule has 2 aliphatic heterocycles. The van der Waals surface area contributed by atoms with E-state index >= 15 is 0 Å². The minimum Gasteiger partial charge on any atom is -0.497 e. The van der Waals surface area contributed by atoms with Gasteiger partial charge in [0.2, 0.25) is 5.91 Å². The van der Waals surface area contributed by atoms with Crippen molar-refractivity contribution in [2.24, 2.45) is 33.5 Å². The number of methoxy groups -OCH3 is 3. The normalized spacial score (nSPS) is 17.8. The predicted octanol–water partition coefficient (Wildman–Crippen LogP) is 15.9. The number of amides is 1. The van der Waals surface area contributed by atoms with Gasteiger partial charge < -0.3 is 40.8 Å². The lowest BCUT2D eigenvalue weighted by Crippen LogP contribution is -2.46. The fourth-order valence-corrected chi connectivity index (χ4v) is 12.6. The molecule has 8 aromatic carbocycles. The molecule has 0 spiro atoms. The van der Waals surface area contributed by atoms with E-state index in [-0.39, 0.29) is 47.9 Å². The largest absolute Gasteiger partial charge is 0.497 e. The highest BCUT2D eigenvalue weighted by atomic mass is 127. The number of ether oxygens (including phenoxy) is 3. The fraction of sp³-hybridized carbons (Fsp3) is 0.293. The Morgan fingerprint density at radius 1 is 0.576 bits per heavy atom. The molecule has 1 amide bonds. The molecule has 3 aliphatic rings. The number of aliphatic hydroxyl groups excluding tert-OH is 2. The van der Waals surface area contributed by atoms with E-state index in [2.05, 4.69) is 67.4 Å². The maximum absolute atomic E-state index is 13.4. The molecule has 1 aliphatic carbocycles. The molecule has 1 aromatic heterocycles. The van der Waals surface area contributed by atoms with Crippen molar-refractivity contribution in [3.63, 3.8) is 0 Å². The average Bonchev–Trinajstić information content (AvgIpc) is 0.938. The Bertz CT molecular complexity index is 3950. The highest BCUT2D eigenvalue weighted by Crippen LogP contribution is 2.40. The van der Waals surface area contributed by atoms with Gasteiger partial charge in [0.1, 0.15) is 40.6 Å². The van der Waals surface area contributed by atoms with Gasteiger partial charge in [-0.2, -0.15) is 0 Å². The number of hydrogen-bond acceptors (Lipinski definition) is 12. The topological polar surface area (TPSA) is 189 Å². The summed E-state index contributed by atoms with van der Waals surface area (Å²) in [6.07, 6.45) is 8.20. The van der Waals surface area contributed by atoms with Gasteiger partial charge in [-0.3, -0.25) is 14.8 Å². The lowest BCUT2D eigenvalue weighted by atomic mass is 9.85. The van der Waals surface area contributed by atoms with E-state index in [0.717, 1.165) is 111 Å². The number of aliphatic hydroxyl groups is 2. The Kier molecular flexibility index (Phi) is 23.0. The molecule has 1 saturated carbocycles. The van der Waals surface area contributed by atoms with Crippen LogP contribution in [0, 0.1) is 39.9 Å². The number of amidine groups is 2. The monoisotopic (exact) mass is 1350 g/mol. The number of para-hydroxylation sites is 1. The Morgan fingerprint density at radius 3 is 1.70 bits per heavy atom. The second kappa shape index (κ2) is 32.0. The number of aliphatic imine (C=N–C) groups is 2. The van der Waals surface area contributed by atoms with Gasteiger partial charge in [0.05, 0.1) is 75.4 Å². The molecule has 6 unspecified atom stereocenters. The van der Waals surface area contributed by atoms with Crippen LogP contribution >= 0.6 is 22.6 Å². The number of anilines is 4. The molecule has 0 saturated heterocycles. The van der Waals surface area contributed by atoms with E-state index in [4.69, 9.17) is 34.9 Å². The van der Waals surface area contributed by atoms with Crippen molar-refractivity contribution < 1.29 is 42.6 Å². The highest BCUT2D eigenvalue weighted by molar-refractivity contribution is 14.1. The van der Waals surface area contributed by atoms with Crippen molar-refractivity contribution in [3.8, 4) is 17.2 Å². The first-order valence-corrected chi connectivity index (χ1v) is 32.5. The van der Waals surface area contributed by atoms with Crippen molar-refractivity contribution in [1.82, 2.24) is 4.98 Å². The van der Waals surface area contributed by atoms with E-state index in [1.165, 1.54) is 59.9 Å². The van der Waals surface area contributed by atoms with Crippen LogP contribution in [0.4, 0.5) is 31.8 Å². The van der Waals surface area contributed by atoms with Crippen molar-refractivity contribution in [2.45, 2.75) is 102 Å². The van der Waals surface area contributed by atoms with Crippen LogP contribution in [0.5, 0.6) is 17.2 Å². The Labute approximate surface area is 551 Å². The zero-order chi connectivity index (χ0) is 64.5. The van der Waals surface area contributed by atoms with Gasteiger partial charge >= 0.3 is 5.95 Å². The second-order valence-corrected chi connectivity index (χ2v) is 24.9. The van der Waals surface area contributed by atoms with E-state index in [1.54, 1.807) is 45.6 Å². The third-order valence-corrected chi connectivity index (χ3v) is 18.0. The first-order chi connectivity index (χ1) is 44.7. The molecule has 0 bridgehead atoms. The first kappa shape index (κ1) is 66.2. The van der Waals surface area contributed by atoms with Crippen LogP contribution in [0.25, 0.3) is 10.9 Å². The maximum Gasteiger partial charge on any atom is 0.397 e. The Hall–Kier alpha value is -8.78. The van der Waals surface area contributed by atoms with Crippen LogP contribution in [0.1, 0.15) is 116 Å². The molecular formula is C75H80F2IN8O6+. The van der Waals surface area contributed by atoms with Gasteiger partial charge in [-0.1, -0.05) is 103 Å². The molecule has 12 rings (SSSR count). The Balaban J connectivity index is 0.000000151. The number of halogens is 3. The number of benzene rings is 8. The number of aryl methyl sites for hydroxylation is 1. The number of aromatic nitrogens is 2. The van der Waals surface area contributed by atoms with Crippen molar-refractivity contribution >= 4 is 74.1 Å². The summed E-state index contributed by atoms with van der Waals surface area (Å²) in [6.45, 7) is 2.88. The molecule has 476 valence electrons. The number of fused-ring (bicyclic) bond motifs is 1. The van der Waals surface area contributed by atoms with Gasteiger partial charge in [0.25, 0.3) is 0 Å². The summed E-state index contributed by atoms with van der Waals surface area (Å²) in [7, 11) is 4.90. The van der Waals surface area contributed by atoms with Crippen LogP contribution in [0.15, 0.2) is 204 Å². The summed E-state index contributed by atoms with van der Waals surface area (Å²) in [4.78, 5) is 26.8. The number of carbonyl (C=O) groups excluding carboxylic acids is 1. The van der Waals surface area contributed by atoms with E-state index < -0.39 is 12.2 Å². The molecule has 3 heterocycles. The molecule has 6 atom stereocenters. The standard InChI is InChI=1S/C26H27FN2O3.C26H27FN2O2.C23H25IN4O/c1-31-21-7-3-5-17(15-21)24-14-13-23(25(30)18-6-4-8-22(16-18)32-2)26(29-24)28-20-11-9-19(27)10-12-20;1-17-3-5-19(6-4-17)25(30)23-15-16-24(18-7-13-22(31-2)14-8-18)29-26(23)28-21-11-9-20(27)10-12-21;24-17-10-12-18(13-11-17)26-23-27-20-9-5-4-8-19(20)21(14-22(25)29)28(23)15-16-6-2-1-3-7-16/h3-12,15-16,23-25,30H,13-14H2,1-2H3,(H,28,29);3-14,23-25,30H,15-16H2,1-2H3,(H,28,29);4-5,8-13,16H,1-3,6-7,14-15H2,(H2,25,29)/p+1. The summed E-state index contributed by atoms with van der Waals surface area (Å²) in [6, 6.07) is 59.7. The maximum atomic E-state index is 13.4. The zero-order valence-corrected chi connectivity index (χ0v) is 54.5. The quantitative estimate of drug-likeness (QED) is 0.0378. The number of nitrogens with zero attached hydrogens (tertiary/aromatic N) is 4. The average molecular weight is 1350 g/mol. The lowest BCUT2D eigenvalue weighted by Gasteiger charge is -2.32. The minimum absolute atomic E-state index is 0.0182. The number of hydrogen-bond donors (Lipinski definition) is 6. The van der Waals surface area contributed by atoms with Gasteiger partial charge in [-0.25, -0.2) is 18.7 Å². The fourth-order valence-electron chi connectivity index (χ4n) is 12.2. The third kappa shape index (κ3) is 17.6. The van der Waals surface area contributed by atoms with Crippen molar-refractivity contribution in [3.05, 3.63) is 243 Å². The summed E-state index contributed by atoms with van der Waals surface area (Å²) in [5, 5.41) is 33.6. The Morgan fingerprint density at radius 2 is 1.11 bits per heavy atom. The molecule has 17 heteroatoms. The van der Waals surface area contributed by atoms with Gasteiger partial charge in [-0.05, 0) is 218 Å². The van der Waals surface area contributed by atoms with Gasteiger partial charge in [-0.15, -0.1) is 0 Å². The van der Waals surface area contributed by atoms with Crippen molar-refractivity contribution in [2.75, 3.05) is 37.3 Å². The smallest absolute Gasteiger partial charge is 0.397 e. The molecule has 92 heavy (non-hydrogen) atoms. The number of carbonyl (C=O) groups is 1. The van der Waals surface area contributed by atoms with Crippen molar-refractivity contribution in [1.29, 1.82) is 0 Å². The molecular weight excluding hydrogens is 1270 g/mol. The van der Waals surface area contributed by atoms with Gasteiger partial charge in [0, 0.05) is 26.8 Å². The molecule has 0 radical (unpaired) electrons. The van der Waals surface area contributed by atoms with Crippen LogP contribution in [0.2, 0.25) is 0 Å². The summed E-state index contributed by atoms with van der Waals surface area (Å²) >= 11 is 2.30. The summed E-state index contributed by atoms with van der Waals surface area (Å²) in [5.41, 5.74) is 14.8. The predicted molar refractivity (Wildman–Crippen MR) is 370 cm³/mol. The molecule has 7 N–H and O–H groups in total. The van der Waals surface area contributed by atoms with Crippen LogP contribution < -0.4 is 40.5 Å². The van der Waals surface area contributed by atoms with E-state index in [1.807, 2.05) is 128 Å². The van der Waals surface area contributed by atoms with Crippen LogP contribution in [0.3, 0.4) is 0 Å². The molecule has 9 aromatic rings. The van der Waals surface area contributed by atoms with Gasteiger partial charge in [0.15, 0.2) is 5.52 Å². The first-order valence-electron chi connectivity index (χ1n) is 31.4. The number of nitrogens with two attached hydrogens (primary N) is 1. The minimum atomic E-state index is -0.761. The summed E-state index contributed by atoms with van der Waals surface area (Å²) in [5.74, 6) is 3.70. The van der Waals surface area contributed by atoms with Crippen LogP contribution in [-0.2, 0) is 17.8 Å². The number of nitrogens with one attached hydrogen (secondary N) is 3. The van der Waals surface area contributed by atoms with E-state index in [0.29, 0.717) is 23.3 Å². The molecule has 14 nitrogen and oxygen atoms in total. The summed E-state index contributed by atoms with van der Waals surface area (Å²) < 4.78 is 46.1. The molecule has 1 fully saturated rings. The number of primary amides is 1. The van der Waals surface area contributed by atoms with E-state index in [9.17, 15) is 23.8 Å². The van der Waals surface area contributed by atoms with Crippen LogP contribution in [-0.4, -0.2) is 54.1 Å². The lowest BCUT2D eigenvalue weighted by molar-refractivity contribution is -0.697. The third-order valence-electron chi connectivity index (χ3n) is 17.3.